The minimum atomic E-state index is -0.266. The molecule has 0 fully saturated rings. The zero-order chi connectivity index (χ0) is 13.0. The highest BCUT2D eigenvalue weighted by molar-refractivity contribution is 7.07. The van der Waals surface area contributed by atoms with Gasteiger partial charge < -0.3 is 16.2 Å². The number of carbonyl (C=O) groups excluding carboxylic acids is 1. The van der Waals surface area contributed by atoms with Crippen molar-refractivity contribution in [2.45, 2.75) is 18.5 Å². The Morgan fingerprint density at radius 3 is 3.00 bits per heavy atom. The maximum atomic E-state index is 11.9. The molecule has 1 aliphatic carbocycles. The fourth-order valence-electron chi connectivity index (χ4n) is 1.81. The number of aliphatic hydroxyl groups excluding tert-OH is 1. The van der Waals surface area contributed by atoms with Gasteiger partial charge in [-0.3, -0.25) is 4.79 Å². The third kappa shape index (κ3) is 3.29. The number of carbonyl (C=O) groups is 1. The van der Waals surface area contributed by atoms with E-state index in [2.05, 4.69) is 5.32 Å². The van der Waals surface area contributed by atoms with Gasteiger partial charge in [0, 0.05) is 11.6 Å². The first-order chi connectivity index (χ1) is 8.69. The zero-order valence-corrected chi connectivity index (χ0v) is 10.7. The Labute approximate surface area is 110 Å². The second-order valence-corrected chi connectivity index (χ2v) is 5.03. The van der Waals surface area contributed by atoms with Crippen molar-refractivity contribution in [2.75, 3.05) is 6.61 Å². The third-order valence-corrected chi connectivity index (χ3v) is 3.48. The predicted molar refractivity (Wildman–Crippen MR) is 72.2 cm³/mol. The molecule has 4 nitrogen and oxygen atoms in total. The summed E-state index contributed by atoms with van der Waals surface area (Å²) in [4.78, 5) is 11.9. The molecule has 0 aliphatic heterocycles. The van der Waals surface area contributed by atoms with E-state index in [0.29, 0.717) is 12.0 Å². The lowest BCUT2D eigenvalue weighted by molar-refractivity contribution is -0.118. The Morgan fingerprint density at radius 1 is 1.61 bits per heavy atom. The van der Waals surface area contributed by atoms with E-state index in [-0.39, 0.29) is 24.6 Å². The van der Waals surface area contributed by atoms with Crippen molar-refractivity contribution in [3.8, 4) is 0 Å². The predicted octanol–water partition coefficient (Wildman–Crippen LogP) is 0.591. The van der Waals surface area contributed by atoms with Crippen LogP contribution in [0.5, 0.6) is 0 Å². The number of nitrogens with one attached hydrogen (secondary N) is 1. The van der Waals surface area contributed by atoms with Gasteiger partial charge in [-0.2, -0.15) is 11.3 Å². The number of nitrogens with two attached hydrogens (primary N) is 1. The Bertz CT molecular complexity index is 465. The summed E-state index contributed by atoms with van der Waals surface area (Å²) in [5.41, 5.74) is 7.32. The molecule has 2 rings (SSSR count). The molecule has 1 aliphatic rings. The quantitative estimate of drug-likeness (QED) is 0.728. The first-order valence-corrected chi connectivity index (χ1v) is 6.71. The smallest absolute Gasteiger partial charge is 0.251 e. The van der Waals surface area contributed by atoms with Crippen molar-refractivity contribution in [2.24, 2.45) is 5.73 Å². The molecule has 1 amide bonds. The summed E-state index contributed by atoms with van der Waals surface area (Å²) in [6, 6.07) is 1.54. The standard InChI is InChI=1S/C13H16N2O2S/c14-11-2-1-10(6-11)13(17)15-12(7-16)5-9-3-4-18-8-9/h1-4,6,8,11-12,16H,5,7,14H2,(H,15,17)/t11?,12-/m0/s1. The molecular weight excluding hydrogens is 248 g/mol. The molecule has 1 unspecified atom stereocenters. The normalized spacial score (nSPS) is 19.7. The largest absolute Gasteiger partial charge is 0.394 e. The minimum Gasteiger partial charge on any atom is -0.394 e. The highest BCUT2D eigenvalue weighted by atomic mass is 32.1. The summed E-state index contributed by atoms with van der Waals surface area (Å²) < 4.78 is 0. The molecule has 1 aromatic rings. The second kappa shape index (κ2) is 5.95. The van der Waals surface area contributed by atoms with Crippen molar-refractivity contribution in [3.05, 3.63) is 46.2 Å². The molecule has 0 aromatic carbocycles. The van der Waals surface area contributed by atoms with E-state index in [1.54, 1.807) is 29.6 Å². The highest BCUT2D eigenvalue weighted by Gasteiger charge is 2.17. The van der Waals surface area contributed by atoms with Crippen LogP contribution in [-0.4, -0.2) is 29.7 Å². The number of hydrogen-bond donors (Lipinski definition) is 3. The van der Waals surface area contributed by atoms with Crippen LogP contribution in [0.25, 0.3) is 0 Å². The number of hydrogen-bond acceptors (Lipinski definition) is 4. The second-order valence-electron chi connectivity index (χ2n) is 4.25. The van der Waals surface area contributed by atoms with Gasteiger partial charge >= 0.3 is 0 Å². The van der Waals surface area contributed by atoms with Crippen molar-refractivity contribution in [1.29, 1.82) is 0 Å². The lowest BCUT2D eigenvalue weighted by atomic mass is 10.1. The Hall–Kier alpha value is -1.43. The molecule has 0 saturated carbocycles. The minimum absolute atomic E-state index is 0.0787. The topological polar surface area (TPSA) is 75.4 Å². The maximum Gasteiger partial charge on any atom is 0.251 e. The van der Waals surface area contributed by atoms with Crippen molar-refractivity contribution >= 4 is 17.2 Å². The summed E-state index contributed by atoms with van der Waals surface area (Å²) >= 11 is 1.60. The number of amides is 1. The molecule has 5 heteroatoms. The van der Waals surface area contributed by atoms with Gasteiger partial charge in [0.25, 0.3) is 5.91 Å². The number of thiophene rings is 1. The molecule has 0 radical (unpaired) electrons. The van der Waals surface area contributed by atoms with Crippen LogP contribution in [0.4, 0.5) is 0 Å². The van der Waals surface area contributed by atoms with Crippen LogP contribution in [-0.2, 0) is 11.2 Å². The molecular formula is C13H16N2O2S. The molecule has 0 spiro atoms. The van der Waals surface area contributed by atoms with Gasteiger partial charge in [-0.15, -0.1) is 0 Å². The van der Waals surface area contributed by atoms with Crippen molar-refractivity contribution < 1.29 is 9.90 Å². The van der Waals surface area contributed by atoms with E-state index in [1.807, 2.05) is 16.8 Å². The fourth-order valence-corrected chi connectivity index (χ4v) is 2.49. The van der Waals surface area contributed by atoms with Crippen molar-refractivity contribution in [3.63, 3.8) is 0 Å². The molecule has 1 heterocycles. The summed E-state index contributed by atoms with van der Waals surface area (Å²) in [6.45, 7) is -0.0787. The van der Waals surface area contributed by atoms with E-state index in [9.17, 15) is 9.90 Å². The van der Waals surface area contributed by atoms with Crippen LogP contribution in [0.1, 0.15) is 5.56 Å². The molecule has 18 heavy (non-hydrogen) atoms. The van der Waals surface area contributed by atoms with Gasteiger partial charge in [-0.05, 0) is 28.8 Å². The van der Waals surface area contributed by atoms with E-state index < -0.39 is 0 Å². The lowest BCUT2D eigenvalue weighted by Crippen LogP contribution is -2.39. The Balaban J connectivity index is 1.92. The first kappa shape index (κ1) is 13.0. The van der Waals surface area contributed by atoms with Gasteiger partial charge in [-0.25, -0.2) is 0 Å². The molecule has 0 saturated heterocycles. The van der Waals surface area contributed by atoms with E-state index in [0.717, 1.165) is 5.56 Å². The Morgan fingerprint density at radius 2 is 2.44 bits per heavy atom. The van der Waals surface area contributed by atoms with E-state index >= 15 is 0 Å². The van der Waals surface area contributed by atoms with Gasteiger partial charge in [0.05, 0.1) is 12.6 Å². The molecule has 4 N–H and O–H groups in total. The van der Waals surface area contributed by atoms with Crippen LogP contribution >= 0.6 is 11.3 Å². The van der Waals surface area contributed by atoms with E-state index in [1.165, 1.54) is 0 Å². The average molecular weight is 264 g/mol. The maximum absolute atomic E-state index is 11.9. The molecule has 0 bridgehead atoms. The fraction of sp³-hybridized carbons (Fsp3) is 0.308. The Kier molecular flexibility index (Phi) is 4.30. The third-order valence-electron chi connectivity index (χ3n) is 2.75. The number of rotatable bonds is 5. The van der Waals surface area contributed by atoms with Gasteiger partial charge in [0.1, 0.15) is 0 Å². The highest BCUT2D eigenvalue weighted by Crippen LogP contribution is 2.11. The lowest BCUT2D eigenvalue weighted by Gasteiger charge is -2.15. The first-order valence-electron chi connectivity index (χ1n) is 5.77. The van der Waals surface area contributed by atoms with Crippen molar-refractivity contribution in [1.82, 2.24) is 5.32 Å². The van der Waals surface area contributed by atoms with Gasteiger partial charge in [0.15, 0.2) is 0 Å². The number of aliphatic hydroxyl groups is 1. The van der Waals surface area contributed by atoms with E-state index in [4.69, 9.17) is 5.73 Å². The molecule has 1 aromatic heterocycles. The summed E-state index contributed by atoms with van der Waals surface area (Å²) in [7, 11) is 0. The average Bonchev–Trinajstić information content (AvgIpc) is 2.99. The van der Waals surface area contributed by atoms with Gasteiger partial charge in [-0.1, -0.05) is 18.2 Å². The monoisotopic (exact) mass is 264 g/mol. The zero-order valence-electron chi connectivity index (χ0n) is 9.87. The summed E-state index contributed by atoms with van der Waals surface area (Å²) in [5.74, 6) is -0.187. The van der Waals surface area contributed by atoms with Crippen LogP contribution < -0.4 is 11.1 Å². The van der Waals surface area contributed by atoms with Crippen LogP contribution in [0, 0.1) is 0 Å². The van der Waals surface area contributed by atoms with Crippen LogP contribution in [0.3, 0.4) is 0 Å². The molecule has 96 valence electrons. The summed E-state index contributed by atoms with van der Waals surface area (Å²) in [6.07, 6.45) is 5.81. The van der Waals surface area contributed by atoms with Crippen LogP contribution in [0.2, 0.25) is 0 Å². The SMILES string of the molecule is NC1C=CC(C(=O)N[C@H](CO)Cc2ccsc2)=C1. The van der Waals surface area contributed by atoms with Gasteiger partial charge in [0.2, 0.25) is 0 Å². The van der Waals surface area contributed by atoms with Crippen LogP contribution in [0.15, 0.2) is 40.6 Å². The summed E-state index contributed by atoms with van der Waals surface area (Å²) in [5, 5.41) is 16.1. The molecule has 2 atom stereocenters.